The van der Waals surface area contributed by atoms with E-state index in [0.29, 0.717) is 18.1 Å². The first-order valence-corrected chi connectivity index (χ1v) is 8.36. The topological polar surface area (TPSA) is 89.0 Å². The van der Waals surface area contributed by atoms with Gasteiger partial charge in [0.2, 0.25) is 0 Å². The number of ether oxygens (including phenoxy) is 2. The predicted octanol–water partition coefficient (Wildman–Crippen LogP) is 1.55. The van der Waals surface area contributed by atoms with Gasteiger partial charge in [-0.25, -0.2) is 14.6 Å². The Balaban J connectivity index is 2.13. The number of aromatic nitrogens is 1. The monoisotopic (exact) mass is 355 g/mol. The summed E-state index contributed by atoms with van der Waals surface area (Å²) in [6, 6.07) is -0.652. The lowest BCUT2D eigenvalue weighted by atomic mass is 10.2. The molecule has 1 amide bonds. The van der Waals surface area contributed by atoms with E-state index in [1.165, 1.54) is 23.3 Å². The summed E-state index contributed by atoms with van der Waals surface area (Å²) in [7, 11) is 1.29. The number of nitrogens with zero attached hydrogens (tertiary/aromatic N) is 3. The standard InChI is InChI=1S/C15H21N3O5S/c1-15(2,3)23-14(21)18-6-5-17(7-10(18)8-19)12-11(13(20)22-4)16-9-24-12/h8-10H,5-7H2,1-4H3/t10-/m0/s1. The number of thiazole rings is 1. The van der Waals surface area contributed by atoms with Gasteiger partial charge in [0, 0.05) is 19.6 Å². The summed E-state index contributed by atoms with van der Waals surface area (Å²) < 4.78 is 10.1. The number of amides is 1. The van der Waals surface area contributed by atoms with E-state index in [9.17, 15) is 14.4 Å². The van der Waals surface area contributed by atoms with E-state index >= 15 is 0 Å². The fraction of sp³-hybridized carbons (Fsp3) is 0.600. The van der Waals surface area contributed by atoms with Gasteiger partial charge in [0.25, 0.3) is 0 Å². The van der Waals surface area contributed by atoms with Gasteiger partial charge in [0.05, 0.1) is 12.6 Å². The maximum Gasteiger partial charge on any atom is 0.411 e. The average molecular weight is 355 g/mol. The third-order valence-electron chi connectivity index (χ3n) is 3.42. The molecule has 0 bridgehead atoms. The van der Waals surface area contributed by atoms with E-state index in [2.05, 4.69) is 4.98 Å². The Hall–Kier alpha value is -2.16. The van der Waals surface area contributed by atoms with Gasteiger partial charge in [-0.2, -0.15) is 0 Å². The Morgan fingerprint density at radius 3 is 2.67 bits per heavy atom. The van der Waals surface area contributed by atoms with Gasteiger partial charge >= 0.3 is 12.1 Å². The van der Waals surface area contributed by atoms with Crippen molar-refractivity contribution in [3.63, 3.8) is 0 Å². The van der Waals surface area contributed by atoms with Crippen molar-refractivity contribution < 1.29 is 23.9 Å². The average Bonchev–Trinajstić information content (AvgIpc) is 3.01. The van der Waals surface area contributed by atoms with Crippen LogP contribution in [0.5, 0.6) is 0 Å². The molecule has 0 saturated carbocycles. The SMILES string of the molecule is COC(=O)c1ncsc1N1CCN(C(=O)OC(C)(C)C)[C@H](C=O)C1. The summed E-state index contributed by atoms with van der Waals surface area (Å²) in [5, 5.41) is 0.637. The molecule has 132 valence electrons. The van der Waals surface area contributed by atoms with Crippen LogP contribution in [-0.2, 0) is 14.3 Å². The van der Waals surface area contributed by atoms with Crippen LogP contribution in [0.4, 0.5) is 9.80 Å². The molecule has 0 aliphatic carbocycles. The summed E-state index contributed by atoms with van der Waals surface area (Å²) in [5.41, 5.74) is 1.15. The van der Waals surface area contributed by atoms with Crippen LogP contribution in [0.15, 0.2) is 5.51 Å². The molecule has 2 rings (SSSR count). The molecule has 0 N–H and O–H groups in total. The smallest absolute Gasteiger partial charge is 0.411 e. The molecule has 1 aliphatic heterocycles. The zero-order chi connectivity index (χ0) is 17.9. The number of aldehydes is 1. The van der Waals surface area contributed by atoms with E-state index < -0.39 is 23.7 Å². The fourth-order valence-corrected chi connectivity index (χ4v) is 3.18. The lowest BCUT2D eigenvalue weighted by Crippen LogP contribution is -2.57. The molecule has 1 aliphatic rings. The van der Waals surface area contributed by atoms with Gasteiger partial charge in [-0.05, 0) is 20.8 Å². The minimum absolute atomic E-state index is 0.220. The number of piperazine rings is 1. The summed E-state index contributed by atoms with van der Waals surface area (Å²) in [4.78, 5) is 42.7. The van der Waals surface area contributed by atoms with Crippen LogP contribution in [0.2, 0.25) is 0 Å². The van der Waals surface area contributed by atoms with Gasteiger partial charge in [-0.3, -0.25) is 4.90 Å². The zero-order valence-corrected chi connectivity index (χ0v) is 15.0. The molecule has 0 unspecified atom stereocenters. The fourth-order valence-electron chi connectivity index (χ4n) is 2.36. The first kappa shape index (κ1) is 18.2. The number of hydrogen-bond acceptors (Lipinski definition) is 8. The number of carbonyl (C=O) groups excluding carboxylic acids is 3. The molecule has 0 aromatic carbocycles. The van der Waals surface area contributed by atoms with Gasteiger partial charge in [0.15, 0.2) is 5.69 Å². The third kappa shape index (κ3) is 4.02. The van der Waals surface area contributed by atoms with Crippen LogP contribution in [-0.4, -0.2) is 66.6 Å². The zero-order valence-electron chi connectivity index (χ0n) is 14.1. The quantitative estimate of drug-likeness (QED) is 0.600. The van der Waals surface area contributed by atoms with Crippen molar-refractivity contribution in [2.24, 2.45) is 0 Å². The molecule has 1 aromatic heterocycles. The van der Waals surface area contributed by atoms with Crippen molar-refractivity contribution in [3.05, 3.63) is 11.2 Å². The Morgan fingerprint density at radius 2 is 2.08 bits per heavy atom. The Morgan fingerprint density at radius 1 is 1.38 bits per heavy atom. The van der Waals surface area contributed by atoms with Gasteiger partial charge < -0.3 is 19.2 Å². The van der Waals surface area contributed by atoms with Gasteiger partial charge in [-0.15, -0.1) is 11.3 Å². The minimum atomic E-state index is -0.652. The van der Waals surface area contributed by atoms with Crippen molar-refractivity contribution in [2.75, 3.05) is 31.6 Å². The second kappa shape index (κ2) is 7.16. The maximum atomic E-state index is 12.2. The molecule has 1 fully saturated rings. The van der Waals surface area contributed by atoms with Gasteiger partial charge in [-0.1, -0.05) is 0 Å². The second-order valence-electron chi connectivity index (χ2n) is 6.32. The van der Waals surface area contributed by atoms with E-state index in [1.807, 2.05) is 4.90 Å². The molecule has 8 nitrogen and oxygen atoms in total. The van der Waals surface area contributed by atoms with Crippen molar-refractivity contribution in [1.29, 1.82) is 0 Å². The van der Waals surface area contributed by atoms with Crippen LogP contribution in [0.1, 0.15) is 31.3 Å². The van der Waals surface area contributed by atoms with Crippen molar-refractivity contribution in [2.45, 2.75) is 32.4 Å². The Labute approximate surface area is 144 Å². The van der Waals surface area contributed by atoms with E-state index in [-0.39, 0.29) is 12.2 Å². The second-order valence-corrected chi connectivity index (χ2v) is 7.15. The summed E-state index contributed by atoms with van der Waals surface area (Å²) >= 11 is 1.30. The molecular formula is C15H21N3O5S. The molecular weight excluding hydrogens is 334 g/mol. The molecule has 9 heteroatoms. The number of carbonyl (C=O) groups is 3. The van der Waals surface area contributed by atoms with E-state index in [1.54, 1.807) is 26.3 Å². The molecule has 2 heterocycles. The normalized spacial score (nSPS) is 18.2. The van der Waals surface area contributed by atoms with Crippen molar-refractivity contribution in [1.82, 2.24) is 9.88 Å². The summed E-state index contributed by atoms with van der Waals surface area (Å²) in [6.07, 6.45) is 0.200. The number of anilines is 1. The number of methoxy groups -OCH3 is 1. The van der Waals surface area contributed by atoms with Crippen LogP contribution in [0.3, 0.4) is 0 Å². The van der Waals surface area contributed by atoms with Crippen molar-refractivity contribution in [3.8, 4) is 0 Å². The van der Waals surface area contributed by atoms with Crippen LogP contribution in [0, 0.1) is 0 Å². The van der Waals surface area contributed by atoms with E-state index in [0.717, 1.165) is 6.29 Å². The molecule has 0 radical (unpaired) electrons. The lowest BCUT2D eigenvalue weighted by Gasteiger charge is -2.39. The molecule has 24 heavy (non-hydrogen) atoms. The molecule has 1 atom stereocenters. The van der Waals surface area contributed by atoms with Crippen LogP contribution < -0.4 is 4.90 Å². The molecule has 1 saturated heterocycles. The minimum Gasteiger partial charge on any atom is -0.464 e. The maximum absolute atomic E-state index is 12.2. The highest BCUT2D eigenvalue weighted by atomic mass is 32.1. The highest BCUT2D eigenvalue weighted by molar-refractivity contribution is 7.14. The predicted molar refractivity (Wildman–Crippen MR) is 88.5 cm³/mol. The molecule has 0 spiro atoms. The van der Waals surface area contributed by atoms with Crippen LogP contribution in [0.25, 0.3) is 0 Å². The third-order valence-corrected chi connectivity index (χ3v) is 4.30. The Kier molecular flexibility index (Phi) is 5.43. The highest BCUT2D eigenvalue weighted by Crippen LogP contribution is 2.28. The largest absolute Gasteiger partial charge is 0.464 e. The highest BCUT2D eigenvalue weighted by Gasteiger charge is 2.35. The first-order chi connectivity index (χ1) is 11.3. The Bertz CT molecular complexity index is 625. The molecule has 1 aromatic rings. The van der Waals surface area contributed by atoms with E-state index in [4.69, 9.17) is 9.47 Å². The lowest BCUT2D eigenvalue weighted by molar-refractivity contribution is -0.112. The van der Waals surface area contributed by atoms with Crippen LogP contribution >= 0.6 is 11.3 Å². The summed E-state index contributed by atoms with van der Waals surface area (Å²) in [5.74, 6) is -0.525. The number of esters is 1. The van der Waals surface area contributed by atoms with Gasteiger partial charge in [0.1, 0.15) is 22.9 Å². The number of rotatable bonds is 3. The summed E-state index contributed by atoms with van der Waals surface area (Å²) in [6.45, 7) is 6.38. The first-order valence-electron chi connectivity index (χ1n) is 7.48. The van der Waals surface area contributed by atoms with Crippen molar-refractivity contribution >= 4 is 34.7 Å². The number of hydrogen-bond donors (Lipinski definition) is 0.